The highest BCUT2D eigenvalue weighted by atomic mass is 16.5. The monoisotopic (exact) mass is 496 g/mol. The van der Waals surface area contributed by atoms with Crippen LogP contribution in [0.4, 0.5) is 0 Å². The fraction of sp³-hybridized carbons (Fsp3) is 0.290. The molecule has 1 heterocycles. The van der Waals surface area contributed by atoms with Gasteiger partial charge in [-0.3, -0.25) is 4.79 Å². The Hall–Kier alpha value is -3.90. The van der Waals surface area contributed by atoms with Gasteiger partial charge in [0.05, 0.1) is 6.61 Å². The molecule has 0 fully saturated rings. The first-order valence-corrected chi connectivity index (χ1v) is 12.8. The van der Waals surface area contributed by atoms with Gasteiger partial charge in [-0.1, -0.05) is 66.7 Å². The van der Waals surface area contributed by atoms with Gasteiger partial charge in [0.15, 0.2) is 5.54 Å². The molecule has 1 aliphatic heterocycles. The fourth-order valence-electron chi connectivity index (χ4n) is 4.79. The normalized spacial score (nSPS) is 18.9. The van der Waals surface area contributed by atoms with Gasteiger partial charge in [-0.2, -0.15) is 0 Å². The number of aliphatic hydroxyl groups excluding tert-OH is 1. The lowest BCUT2D eigenvalue weighted by Gasteiger charge is -2.24. The third-order valence-electron chi connectivity index (χ3n) is 6.81. The molecule has 0 radical (unpaired) electrons. The van der Waals surface area contributed by atoms with Gasteiger partial charge >= 0.3 is 0 Å². The van der Waals surface area contributed by atoms with Crippen LogP contribution in [0.25, 0.3) is 6.08 Å². The van der Waals surface area contributed by atoms with Gasteiger partial charge in [0.1, 0.15) is 12.4 Å². The SMILES string of the molecule is O=C(NC1Cc2ccccc2C1)[C@@]1(C/C=C/c2ccccc2)COC(c2ccc(OCCCO)cc2)=N1. The number of hydrogen-bond acceptors (Lipinski definition) is 5. The number of aliphatic imine (C=N–C) groups is 1. The number of rotatable bonds is 10. The Bertz CT molecular complexity index is 1240. The van der Waals surface area contributed by atoms with Crippen LogP contribution in [0.5, 0.6) is 5.75 Å². The van der Waals surface area contributed by atoms with Crippen molar-refractivity contribution in [3.05, 3.63) is 107 Å². The second-order valence-electron chi connectivity index (χ2n) is 9.55. The van der Waals surface area contributed by atoms with Crippen molar-refractivity contribution >= 4 is 17.9 Å². The summed E-state index contributed by atoms with van der Waals surface area (Å²) in [6, 6.07) is 25.9. The minimum absolute atomic E-state index is 0.0504. The molecule has 1 atom stereocenters. The quantitative estimate of drug-likeness (QED) is 0.409. The highest BCUT2D eigenvalue weighted by Gasteiger charge is 2.44. The average Bonchev–Trinajstić information content (AvgIpc) is 3.55. The number of ether oxygens (including phenoxy) is 2. The van der Waals surface area contributed by atoms with E-state index in [9.17, 15) is 4.79 Å². The minimum atomic E-state index is -1.04. The van der Waals surface area contributed by atoms with E-state index >= 15 is 0 Å². The molecular formula is C31H32N2O4. The number of carbonyl (C=O) groups is 1. The molecule has 6 nitrogen and oxygen atoms in total. The Morgan fingerprint density at radius 2 is 1.73 bits per heavy atom. The van der Waals surface area contributed by atoms with E-state index in [-0.39, 0.29) is 25.2 Å². The molecule has 3 aromatic rings. The van der Waals surface area contributed by atoms with E-state index in [1.54, 1.807) is 0 Å². The maximum absolute atomic E-state index is 13.7. The first kappa shape index (κ1) is 24.8. The summed E-state index contributed by atoms with van der Waals surface area (Å²) in [5.74, 6) is 1.06. The third kappa shape index (κ3) is 5.92. The van der Waals surface area contributed by atoms with Crippen LogP contribution >= 0.6 is 0 Å². The van der Waals surface area contributed by atoms with Gasteiger partial charge in [0.2, 0.25) is 5.90 Å². The van der Waals surface area contributed by atoms with Crippen molar-refractivity contribution in [2.75, 3.05) is 19.8 Å². The minimum Gasteiger partial charge on any atom is -0.494 e. The zero-order valence-corrected chi connectivity index (χ0v) is 20.8. The second-order valence-corrected chi connectivity index (χ2v) is 9.55. The van der Waals surface area contributed by atoms with Crippen LogP contribution in [0.1, 0.15) is 35.1 Å². The van der Waals surface area contributed by atoms with E-state index in [0.717, 1.165) is 24.0 Å². The van der Waals surface area contributed by atoms with Crippen molar-refractivity contribution in [1.82, 2.24) is 5.32 Å². The van der Waals surface area contributed by atoms with Crippen molar-refractivity contribution in [1.29, 1.82) is 0 Å². The number of aliphatic hydroxyl groups is 1. The molecule has 5 rings (SSSR count). The molecule has 0 aromatic heterocycles. The van der Waals surface area contributed by atoms with Crippen LogP contribution in [0.15, 0.2) is 89.9 Å². The predicted molar refractivity (Wildman–Crippen MR) is 145 cm³/mol. The molecule has 6 heteroatoms. The summed E-state index contributed by atoms with van der Waals surface area (Å²) in [6.07, 6.45) is 6.69. The summed E-state index contributed by atoms with van der Waals surface area (Å²) in [5.41, 5.74) is 3.41. The van der Waals surface area contributed by atoms with Crippen LogP contribution in [0.2, 0.25) is 0 Å². The Kier molecular flexibility index (Phi) is 7.66. The Morgan fingerprint density at radius 1 is 1.03 bits per heavy atom. The summed E-state index contributed by atoms with van der Waals surface area (Å²) < 4.78 is 11.7. The standard InChI is InChI=1S/C31H32N2O4/c34-18-7-19-36-28-15-13-24(14-16-28)29-33-31(22-37-29,17-6-10-23-8-2-1-3-9-23)30(35)32-27-20-25-11-4-5-12-26(25)21-27/h1-6,8-16,27,34H,7,17-22H2,(H,32,35)/b10-6+/t31-/m1/s1. The van der Waals surface area contributed by atoms with Crippen molar-refractivity contribution < 1.29 is 19.4 Å². The Balaban J connectivity index is 1.34. The van der Waals surface area contributed by atoms with Crippen LogP contribution in [0.3, 0.4) is 0 Å². The van der Waals surface area contributed by atoms with Crippen LogP contribution in [-0.4, -0.2) is 48.3 Å². The molecule has 0 unspecified atom stereocenters. The first-order chi connectivity index (χ1) is 18.1. The lowest BCUT2D eigenvalue weighted by molar-refractivity contribution is -0.127. The number of nitrogens with one attached hydrogen (secondary N) is 1. The molecule has 0 saturated heterocycles. The maximum Gasteiger partial charge on any atom is 0.252 e. The number of carbonyl (C=O) groups excluding carboxylic acids is 1. The van der Waals surface area contributed by atoms with Gasteiger partial charge in [-0.25, -0.2) is 4.99 Å². The zero-order chi connectivity index (χ0) is 25.5. The average molecular weight is 497 g/mol. The van der Waals surface area contributed by atoms with E-state index in [1.165, 1.54) is 11.1 Å². The summed E-state index contributed by atoms with van der Waals surface area (Å²) in [6.45, 7) is 0.732. The Labute approximate surface area is 217 Å². The zero-order valence-electron chi connectivity index (χ0n) is 20.8. The molecule has 0 saturated carbocycles. The lowest BCUT2D eigenvalue weighted by atomic mass is 9.94. The molecular weight excluding hydrogens is 464 g/mol. The summed E-state index contributed by atoms with van der Waals surface area (Å²) in [4.78, 5) is 18.6. The largest absolute Gasteiger partial charge is 0.494 e. The molecule has 2 N–H and O–H groups in total. The summed E-state index contributed by atoms with van der Waals surface area (Å²) >= 11 is 0. The van der Waals surface area contributed by atoms with Crippen LogP contribution < -0.4 is 10.1 Å². The highest BCUT2D eigenvalue weighted by Crippen LogP contribution is 2.29. The van der Waals surface area contributed by atoms with Gasteiger partial charge in [-0.05, 0) is 53.8 Å². The fourth-order valence-corrected chi connectivity index (χ4v) is 4.79. The van der Waals surface area contributed by atoms with E-state index in [0.29, 0.717) is 31.1 Å². The van der Waals surface area contributed by atoms with E-state index in [4.69, 9.17) is 19.6 Å². The molecule has 37 heavy (non-hydrogen) atoms. The van der Waals surface area contributed by atoms with Crippen LogP contribution in [-0.2, 0) is 22.4 Å². The molecule has 3 aromatic carbocycles. The van der Waals surface area contributed by atoms with Gasteiger partial charge in [0.25, 0.3) is 5.91 Å². The van der Waals surface area contributed by atoms with E-state index in [1.807, 2.05) is 78.9 Å². The number of fused-ring (bicyclic) bond motifs is 1. The summed E-state index contributed by atoms with van der Waals surface area (Å²) in [7, 11) is 0. The van der Waals surface area contributed by atoms with Crippen molar-refractivity contribution in [3.8, 4) is 5.75 Å². The van der Waals surface area contributed by atoms with E-state index in [2.05, 4.69) is 17.4 Å². The van der Waals surface area contributed by atoms with Crippen molar-refractivity contribution in [2.45, 2.75) is 37.3 Å². The molecule has 2 aliphatic rings. The number of benzene rings is 3. The molecule has 0 spiro atoms. The van der Waals surface area contributed by atoms with Crippen molar-refractivity contribution in [3.63, 3.8) is 0 Å². The van der Waals surface area contributed by atoms with Gasteiger partial charge in [-0.15, -0.1) is 0 Å². The first-order valence-electron chi connectivity index (χ1n) is 12.8. The van der Waals surface area contributed by atoms with Crippen molar-refractivity contribution in [2.24, 2.45) is 4.99 Å². The molecule has 190 valence electrons. The number of amides is 1. The lowest BCUT2D eigenvalue weighted by Crippen LogP contribution is -2.50. The molecule has 1 aliphatic carbocycles. The number of nitrogens with zero attached hydrogens (tertiary/aromatic N) is 1. The maximum atomic E-state index is 13.7. The smallest absolute Gasteiger partial charge is 0.252 e. The third-order valence-corrected chi connectivity index (χ3v) is 6.81. The summed E-state index contributed by atoms with van der Waals surface area (Å²) in [5, 5.41) is 12.2. The van der Waals surface area contributed by atoms with Gasteiger partial charge < -0.3 is 19.9 Å². The number of hydrogen-bond donors (Lipinski definition) is 2. The highest BCUT2D eigenvalue weighted by molar-refractivity contribution is 6.00. The van der Waals surface area contributed by atoms with E-state index < -0.39 is 5.54 Å². The Morgan fingerprint density at radius 3 is 2.43 bits per heavy atom. The predicted octanol–water partition coefficient (Wildman–Crippen LogP) is 4.35. The second kappa shape index (κ2) is 11.4. The molecule has 0 bridgehead atoms. The molecule has 1 amide bonds. The topological polar surface area (TPSA) is 80.2 Å². The van der Waals surface area contributed by atoms with Crippen LogP contribution in [0, 0.1) is 0 Å². The van der Waals surface area contributed by atoms with Gasteiger partial charge in [0, 0.05) is 31.1 Å².